The summed E-state index contributed by atoms with van der Waals surface area (Å²) in [7, 11) is 1.18. The maximum absolute atomic E-state index is 13.8. The van der Waals surface area contributed by atoms with Crippen LogP contribution in [-0.2, 0) is 4.74 Å². The van der Waals surface area contributed by atoms with E-state index in [9.17, 15) is 14.0 Å². The number of rotatable bonds is 4. The molecule has 2 N–H and O–H groups in total. The number of piperidine rings is 1. The first kappa shape index (κ1) is 18.6. The number of ether oxygens (including phenoxy) is 1. The summed E-state index contributed by atoms with van der Waals surface area (Å²) < 4.78 is 18.3. The van der Waals surface area contributed by atoms with Crippen LogP contribution in [0.4, 0.5) is 26.4 Å². The highest BCUT2D eigenvalue weighted by atomic mass is 19.1. The Morgan fingerprint density at radius 1 is 1.15 bits per heavy atom. The first-order valence-electron chi connectivity index (χ1n) is 8.74. The average molecular weight is 372 g/mol. The van der Waals surface area contributed by atoms with Crippen LogP contribution in [0.15, 0.2) is 36.5 Å². The molecule has 142 valence electrons. The molecule has 2 aromatic rings. The first-order valence-corrected chi connectivity index (χ1v) is 8.74. The van der Waals surface area contributed by atoms with Crippen LogP contribution in [0.2, 0.25) is 0 Å². The number of benzene rings is 1. The maximum atomic E-state index is 13.8. The van der Waals surface area contributed by atoms with Gasteiger partial charge < -0.3 is 15.0 Å². The molecule has 0 unspecified atom stereocenters. The van der Waals surface area contributed by atoms with Crippen molar-refractivity contribution in [2.45, 2.75) is 19.3 Å². The van der Waals surface area contributed by atoms with Crippen LogP contribution in [0, 0.1) is 5.82 Å². The molecule has 7 nitrogen and oxygen atoms in total. The van der Waals surface area contributed by atoms with Crippen molar-refractivity contribution in [1.29, 1.82) is 0 Å². The molecule has 0 bridgehead atoms. The summed E-state index contributed by atoms with van der Waals surface area (Å²) in [6, 6.07) is 7.34. The van der Waals surface area contributed by atoms with Gasteiger partial charge in [0.2, 0.25) is 0 Å². The van der Waals surface area contributed by atoms with Gasteiger partial charge in [-0.15, -0.1) is 0 Å². The number of aromatic nitrogens is 1. The zero-order valence-electron chi connectivity index (χ0n) is 15.0. The second-order valence-corrected chi connectivity index (χ2v) is 6.19. The van der Waals surface area contributed by atoms with E-state index in [1.807, 2.05) is 0 Å². The number of anilines is 3. The minimum Gasteiger partial charge on any atom is -0.453 e. The summed E-state index contributed by atoms with van der Waals surface area (Å²) >= 11 is 0. The van der Waals surface area contributed by atoms with E-state index in [2.05, 4.69) is 25.3 Å². The number of pyridine rings is 1. The highest BCUT2D eigenvalue weighted by molar-refractivity contribution is 6.07. The van der Waals surface area contributed by atoms with Gasteiger partial charge in [0.15, 0.2) is 0 Å². The van der Waals surface area contributed by atoms with Crippen molar-refractivity contribution >= 4 is 29.2 Å². The fraction of sp³-hybridized carbons (Fsp3) is 0.316. The lowest BCUT2D eigenvalue weighted by Gasteiger charge is -2.29. The molecule has 2 amide bonds. The molecule has 0 saturated carbocycles. The Bertz CT molecular complexity index is 837. The molecule has 1 aliphatic heterocycles. The molecule has 0 aliphatic carbocycles. The van der Waals surface area contributed by atoms with Crippen molar-refractivity contribution in [3.63, 3.8) is 0 Å². The van der Waals surface area contributed by atoms with Crippen molar-refractivity contribution in [1.82, 2.24) is 4.98 Å². The molecule has 1 aromatic heterocycles. The van der Waals surface area contributed by atoms with Crippen LogP contribution in [0.5, 0.6) is 0 Å². The van der Waals surface area contributed by atoms with Crippen LogP contribution in [-0.4, -0.2) is 37.2 Å². The molecule has 0 spiro atoms. The van der Waals surface area contributed by atoms with E-state index >= 15 is 0 Å². The van der Waals surface area contributed by atoms with Crippen molar-refractivity contribution in [2.24, 2.45) is 0 Å². The summed E-state index contributed by atoms with van der Waals surface area (Å²) in [6.45, 7) is 1.72. The Hall–Kier alpha value is -3.16. The Morgan fingerprint density at radius 2 is 1.93 bits per heavy atom. The van der Waals surface area contributed by atoms with Gasteiger partial charge in [-0.2, -0.15) is 0 Å². The highest BCUT2D eigenvalue weighted by Crippen LogP contribution is 2.24. The molecule has 27 heavy (non-hydrogen) atoms. The molecule has 1 saturated heterocycles. The third-order valence-corrected chi connectivity index (χ3v) is 4.33. The number of carbonyl (C=O) groups excluding carboxylic acids is 2. The van der Waals surface area contributed by atoms with E-state index in [1.54, 1.807) is 18.3 Å². The zero-order chi connectivity index (χ0) is 19.2. The average Bonchev–Trinajstić information content (AvgIpc) is 2.71. The van der Waals surface area contributed by atoms with Crippen molar-refractivity contribution in [3.8, 4) is 0 Å². The summed E-state index contributed by atoms with van der Waals surface area (Å²) in [6.07, 6.45) is 4.18. The van der Waals surface area contributed by atoms with Crippen molar-refractivity contribution < 1.29 is 18.7 Å². The Balaban J connectivity index is 1.80. The van der Waals surface area contributed by atoms with Crippen molar-refractivity contribution in [3.05, 3.63) is 47.9 Å². The van der Waals surface area contributed by atoms with E-state index in [4.69, 9.17) is 0 Å². The minimum absolute atomic E-state index is 0.0814. The first-order chi connectivity index (χ1) is 13.1. The number of carbonyl (C=O) groups is 2. The van der Waals surface area contributed by atoms with E-state index < -0.39 is 11.9 Å². The van der Waals surface area contributed by atoms with Crippen LogP contribution < -0.4 is 15.5 Å². The maximum Gasteiger partial charge on any atom is 0.411 e. The predicted molar refractivity (Wildman–Crippen MR) is 101 cm³/mol. The number of nitrogens with one attached hydrogen (secondary N) is 2. The van der Waals surface area contributed by atoms with Gasteiger partial charge in [0.25, 0.3) is 5.91 Å². The lowest BCUT2D eigenvalue weighted by atomic mass is 10.1. The summed E-state index contributed by atoms with van der Waals surface area (Å²) in [5.74, 6) is -0.335. The molecule has 1 aromatic carbocycles. The molecular formula is C19H21FN4O3. The Morgan fingerprint density at radius 3 is 2.67 bits per heavy atom. The molecule has 3 rings (SSSR count). The lowest BCUT2D eigenvalue weighted by Crippen LogP contribution is -2.32. The number of halogens is 1. The van der Waals surface area contributed by atoms with Gasteiger partial charge in [-0.25, -0.2) is 14.2 Å². The molecule has 0 atom stereocenters. The normalized spacial score (nSPS) is 13.8. The quantitative estimate of drug-likeness (QED) is 0.856. The number of amides is 2. The molecule has 2 heterocycles. The van der Waals surface area contributed by atoms with Gasteiger partial charge in [0, 0.05) is 25.0 Å². The lowest BCUT2D eigenvalue weighted by molar-refractivity contribution is 0.102. The fourth-order valence-corrected chi connectivity index (χ4v) is 2.99. The number of nitrogens with zero attached hydrogens (tertiary/aromatic N) is 2. The zero-order valence-corrected chi connectivity index (χ0v) is 15.0. The van der Waals surface area contributed by atoms with Gasteiger partial charge in [0.05, 0.1) is 18.4 Å². The minimum atomic E-state index is -0.794. The van der Waals surface area contributed by atoms with Gasteiger partial charge in [-0.3, -0.25) is 10.1 Å². The van der Waals surface area contributed by atoms with E-state index in [0.717, 1.165) is 32.0 Å². The standard InChI is InChI=1S/C19H21FN4O3/c1-27-19(26)23-16-12-13(7-8-15(16)20)22-18(25)14-6-5-9-21-17(14)24-10-3-2-4-11-24/h5-9,12H,2-4,10-11H2,1H3,(H,22,25)(H,23,26). The number of hydrogen-bond donors (Lipinski definition) is 2. The smallest absolute Gasteiger partial charge is 0.411 e. The van der Waals surface area contributed by atoms with Gasteiger partial charge in [0.1, 0.15) is 11.6 Å². The molecule has 0 radical (unpaired) electrons. The molecular weight excluding hydrogens is 351 g/mol. The summed E-state index contributed by atoms with van der Waals surface area (Å²) in [4.78, 5) is 30.6. The topological polar surface area (TPSA) is 83.6 Å². The summed E-state index contributed by atoms with van der Waals surface area (Å²) in [5, 5.41) is 5.00. The number of hydrogen-bond acceptors (Lipinski definition) is 5. The van der Waals surface area contributed by atoms with Gasteiger partial charge in [-0.05, 0) is 49.6 Å². The Kier molecular flexibility index (Phi) is 5.85. The van der Waals surface area contributed by atoms with E-state index in [1.165, 1.54) is 25.7 Å². The van der Waals surface area contributed by atoms with Crippen LogP contribution in [0.3, 0.4) is 0 Å². The van der Waals surface area contributed by atoms with Crippen LogP contribution >= 0.6 is 0 Å². The Labute approximate surface area is 156 Å². The van der Waals surface area contributed by atoms with E-state index in [0.29, 0.717) is 17.1 Å². The highest BCUT2D eigenvalue weighted by Gasteiger charge is 2.20. The number of methoxy groups -OCH3 is 1. The molecule has 1 aliphatic rings. The third kappa shape index (κ3) is 4.52. The monoisotopic (exact) mass is 372 g/mol. The van der Waals surface area contributed by atoms with Gasteiger partial charge in [-0.1, -0.05) is 0 Å². The van der Waals surface area contributed by atoms with Crippen LogP contribution in [0.1, 0.15) is 29.6 Å². The second kappa shape index (κ2) is 8.48. The second-order valence-electron chi connectivity index (χ2n) is 6.19. The van der Waals surface area contributed by atoms with Crippen molar-refractivity contribution in [2.75, 3.05) is 35.7 Å². The van der Waals surface area contributed by atoms with Gasteiger partial charge >= 0.3 is 6.09 Å². The predicted octanol–water partition coefficient (Wildman–Crippen LogP) is 3.64. The van der Waals surface area contributed by atoms with Crippen LogP contribution in [0.25, 0.3) is 0 Å². The molecule has 8 heteroatoms. The SMILES string of the molecule is COC(=O)Nc1cc(NC(=O)c2cccnc2N2CCCCC2)ccc1F. The largest absolute Gasteiger partial charge is 0.453 e. The summed E-state index contributed by atoms with van der Waals surface area (Å²) in [5.41, 5.74) is 0.717. The third-order valence-electron chi connectivity index (χ3n) is 4.33. The molecule has 1 fully saturated rings. The van der Waals surface area contributed by atoms with E-state index in [-0.39, 0.29) is 11.6 Å². The fourth-order valence-electron chi connectivity index (χ4n) is 2.99.